The Labute approximate surface area is 91.3 Å². The number of rotatable bonds is 2. The largest absolute Gasteiger partial charge is 0.418 e. The second-order valence-electron chi connectivity index (χ2n) is 3.79. The van der Waals surface area contributed by atoms with Gasteiger partial charge in [-0.05, 0) is 18.1 Å². The van der Waals surface area contributed by atoms with Crippen LogP contribution in [0.15, 0.2) is 24.4 Å². The van der Waals surface area contributed by atoms with Crippen LogP contribution in [-0.2, 0) is 12.6 Å². The molecule has 0 unspecified atom stereocenters. The number of fused-ring (bicyclic) bond motifs is 1. The maximum Gasteiger partial charge on any atom is 0.418 e. The minimum Gasteiger partial charge on any atom is -0.360 e. The van der Waals surface area contributed by atoms with Crippen LogP contribution in [0.1, 0.15) is 24.5 Å². The number of aromatic nitrogens is 1. The maximum absolute atomic E-state index is 12.7. The molecule has 1 nitrogen and oxygen atoms in total. The Morgan fingerprint density at radius 3 is 2.62 bits per heavy atom. The average Bonchev–Trinajstić information content (AvgIpc) is 2.61. The third-order valence-electron chi connectivity index (χ3n) is 2.63. The highest BCUT2D eigenvalue weighted by Crippen LogP contribution is 2.35. The van der Waals surface area contributed by atoms with Crippen molar-refractivity contribution in [2.24, 2.45) is 0 Å². The van der Waals surface area contributed by atoms with Gasteiger partial charge in [0.05, 0.1) is 11.1 Å². The lowest BCUT2D eigenvalue weighted by molar-refractivity contribution is -0.136. The number of hydrogen-bond acceptors (Lipinski definition) is 0. The Morgan fingerprint density at radius 1 is 1.25 bits per heavy atom. The topological polar surface area (TPSA) is 15.8 Å². The molecule has 4 heteroatoms. The standard InChI is InChI=1S/C12H12F3N/c1-2-4-8-7-16-11-9(8)5-3-6-10(11)12(13,14)15/h3,5-7,16H,2,4H2,1H3. The summed E-state index contributed by atoms with van der Waals surface area (Å²) in [7, 11) is 0. The van der Waals surface area contributed by atoms with E-state index in [4.69, 9.17) is 0 Å². The summed E-state index contributed by atoms with van der Waals surface area (Å²) in [5.41, 5.74) is 0.550. The minimum atomic E-state index is -4.30. The summed E-state index contributed by atoms with van der Waals surface area (Å²) >= 11 is 0. The summed E-state index contributed by atoms with van der Waals surface area (Å²) in [6.45, 7) is 2.01. The molecule has 0 aliphatic rings. The van der Waals surface area contributed by atoms with E-state index in [9.17, 15) is 13.2 Å². The van der Waals surface area contributed by atoms with Gasteiger partial charge < -0.3 is 4.98 Å². The number of benzene rings is 1. The zero-order valence-corrected chi connectivity index (χ0v) is 8.86. The van der Waals surface area contributed by atoms with E-state index in [1.807, 2.05) is 6.92 Å². The molecule has 1 aromatic carbocycles. The molecule has 86 valence electrons. The van der Waals surface area contributed by atoms with Gasteiger partial charge in [-0.1, -0.05) is 25.5 Å². The van der Waals surface area contributed by atoms with Gasteiger partial charge in [0, 0.05) is 11.6 Å². The lowest BCUT2D eigenvalue weighted by Gasteiger charge is -2.07. The number of halogens is 3. The molecule has 16 heavy (non-hydrogen) atoms. The molecule has 0 radical (unpaired) electrons. The van der Waals surface area contributed by atoms with E-state index in [1.165, 1.54) is 6.07 Å². The van der Waals surface area contributed by atoms with E-state index in [-0.39, 0.29) is 5.52 Å². The Balaban J connectivity index is 2.62. The van der Waals surface area contributed by atoms with Crippen molar-refractivity contribution in [2.75, 3.05) is 0 Å². The SMILES string of the molecule is CCCc1c[nH]c2c(C(F)(F)F)cccc12. The van der Waals surface area contributed by atoms with E-state index >= 15 is 0 Å². The zero-order chi connectivity index (χ0) is 11.8. The lowest BCUT2D eigenvalue weighted by atomic mass is 10.1. The van der Waals surface area contributed by atoms with Crippen molar-refractivity contribution < 1.29 is 13.2 Å². The molecular formula is C12H12F3N. The Bertz CT molecular complexity index is 496. The summed E-state index contributed by atoms with van der Waals surface area (Å²) in [5.74, 6) is 0. The van der Waals surface area contributed by atoms with Gasteiger partial charge in [-0.25, -0.2) is 0 Å². The molecule has 0 bridgehead atoms. The van der Waals surface area contributed by atoms with E-state index < -0.39 is 11.7 Å². The van der Waals surface area contributed by atoms with Gasteiger partial charge in [0.2, 0.25) is 0 Å². The van der Waals surface area contributed by atoms with Crippen molar-refractivity contribution in [2.45, 2.75) is 25.9 Å². The Kier molecular flexibility index (Phi) is 2.66. The van der Waals surface area contributed by atoms with Crippen molar-refractivity contribution in [1.82, 2.24) is 4.98 Å². The number of alkyl halides is 3. The van der Waals surface area contributed by atoms with Gasteiger partial charge in [-0.3, -0.25) is 0 Å². The second kappa shape index (κ2) is 3.85. The highest BCUT2D eigenvalue weighted by atomic mass is 19.4. The first-order chi connectivity index (χ1) is 7.54. The zero-order valence-electron chi connectivity index (χ0n) is 8.86. The van der Waals surface area contributed by atoms with Crippen LogP contribution in [0.5, 0.6) is 0 Å². The minimum absolute atomic E-state index is 0.193. The second-order valence-corrected chi connectivity index (χ2v) is 3.79. The number of aryl methyl sites for hydroxylation is 1. The summed E-state index contributed by atoms with van der Waals surface area (Å²) in [6, 6.07) is 4.29. The number of para-hydroxylation sites is 1. The van der Waals surface area contributed by atoms with E-state index in [1.54, 1.807) is 12.3 Å². The molecule has 0 amide bonds. The van der Waals surface area contributed by atoms with Gasteiger partial charge in [-0.2, -0.15) is 13.2 Å². The smallest absolute Gasteiger partial charge is 0.360 e. The van der Waals surface area contributed by atoms with Crippen LogP contribution >= 0.6 is 0 Å². The predicted molar refractivity (Wildman–Crippen MR) is 57.3 cm³/mol. The molecule has 0 saturated carbocycles. The third-order valence-corrected chi connectivity index (χ3v) is 2.63. The Hall–Kier alpha value is -1.45. The molecule has 1 heterocycles. The first-order valence-electron chi connectivity index (χ1n) is 5.20. The number of nitrogens with one attached hydrogen (secondary N) is 1. The molecule has 0 spiro atoms. The highest BCUT2D eigenvalue weighted by molar-refractivity contribution is 5.86. The molecule has 0 saturated heterocycles. The summed E-state index contributed by atoms with van der Waals surface area (Å²) in [6.07, 6.45) is -0.915. The summed E-state index contributed by atoms with van der Waals surface area (Å²) in [5, 5.41) is 0.677. The summed E-state index contributed by atoms with van der Waals surface area (Å²) < 4.78 is 38.1. The number of hydrogen-bond donors (Lipinski definition) is 1. The van der Waals surface area contributed by atoms with Gasteiger partial charge in [0.15, 0.2) is 0 Å². The molecule has 0 aliphatic carbocycles. The van der Waals surface area contributed by atoms with Crippen LogP contribution in [0.25, 0.3) is 10.9 Å². The first kappa shape index (κ1) is 11.0. The molecule has 1 N–H and O–H groups in total. The third kappa shape index (κ3) is 1.79. The van der Waals surface area contributed by atoms with Crippen molar-refractivity contribution in [3.05, 3.63) is 35.5 Å². The van der Waals surface area contributed by atoms with E-state index in [0.717, 1.165) is 24.5 Å². The van der Waals surface area contributed by atoms with Crippen LogP contribution < -0.4 is 0 Å². The molecule has 0 atom stereocenters. The van der Waals surface area contributed by atoms with Crippen LogP contribution in [0.4, 0.5) is 13.2 Å². The molecule has 0 fully saturated rings. The fourth-order valence-electron chi connectivity index (χ4n) is 1.92. The van der Waals surface area contributed by atoms with Crippen LogP contribution in [-0.4, -0.2) is 4.98 Å². The van der Waals surface area contributed by atoms with Crippen molar-refractivity contribution >= 4 is 10.9 Å². The fourth-order valence-corrected chi connectivity index (χ4v) is 1.92. The lowest BCUT2D eigenvalue weighted by Crippen LogP contribution is -2.05. The van der Waals surface area contributed by atoms with Crippen LogP contribution in [0.2, 0.25) is 0 Å². The van der Waals surface area contributed by atoms with Crippen LogP contribution in [0, 0.1) is 0 Å². The highest BCUT2D eigenvalue weighted by Gasteiger charge is 2.33. The Morgan fingerprint density at radius 2 is 2.00 bits per heavy atom. The molecule has 1 aromatic heterocycles. The molecule has 2 aromatic rings. The van der Waals surface area contributed by atoms with Gasteiger partial charge in [0.25, 0.3) is 0 Å². The van der Waals surface area contributed by atoms with Crippen molar-refractivity contribution in [3.8, 4) is 0 Å². The van der Waals surface area contributed by atoms with E-state index in [0.29, 0.717) is 5.39 Å². The predicted octanol–water partition coefficient (Wildman–Crippen LogP) is 4.14. The quantitative estimate of drug-likeness (QED) is 0.793. The van der Waals surface area contributed by atoms with Crippen molar-refractivity contribution in [1.29, 1.82) is 0 Å². The monoisotopic (exact) mass is 227 g/mol. The fraction of sp³-hybridized carbons (Fsp3) is 0.333. The average molecular weight is 227 g/mol. The molecule has 2 rings (SSSR count). The van der Waals surface area contributed by atoms with E-state index in [2.05, 4.69) is 4.98 Å². The first-order valence-corrected chi connectivity index (χ1v) is 5.20. The van der Waals surface area contributed by atoms with Gasteiger partial charge >= 0.3 is 6.18 Å². The normalized spacial score (nSPS) is 12.2. The molecule has 0 aliphatic heterocycles. The van der Waals surface area contributed by atoms with Gasteiger partial charge in [0.1, 0.15) is 0 Å². The summed E-state index contributed by atoms with van der Waals surface area (Å²) in [4.78, 5) is 2.73. The van der Waals surface area contributed by atoms with Crippen LogP contribution in [0.3, 0.4) is 0 Å². The molecular weight excluding hydrogens is 215 g/mol. The number of H-pyrrole nitrogens is 1. The van der Waals surface area contributed by atoms with Crippen molar-refractivity contribution in [3.63, 3.8) is 0 Å². The maximum atomic E-state index is 12.7. The number of aromatic amines is 1. The van der Waals surface area contributed by atoms with Gasteiger partial charge in [-0.15, -0.1) is 0 Å².